The number of nitrogens with zero attached hydrogens (tertiary/aromatic N) is 2. The predicted molar refractivity (Wildman–Crippen MR) is 64.7 cm³/mol. The maximum atomic E-state index is 12.2. The Morgan fingerprint density at radius 1 is 1.50 bits per heavy atom. The number of benzene rings is 1. The van der Waals surface area contributed by atoms with Crippen molar-refractivity contribution >= 4 is 23.5 Å². The van der Waals surface area contributed by atoms with Gasteiger partial charge in [-0.2, -0.15) is 5.26 Å². The van der Waals surface area contributed by atoms with E-state index in [0.29, 0.717) is 10.6 Å². The third-order valence-electron chi connectivity index (χ3n) is 2.91. The first kappa shape index (κ1) is 12.4. The van der Waals surface area contributed by atoms with Crippen LogP contribution in [-0.2, 0) is 10.3 Å². The molecule has 1 heterocycles. The van der Waals surface area contributed by atoms with Crippen molar-refractivity contribution in [3.63, 3.8) is 0 Å². The van der Waals surface area contributed by atoms with Crippen molar-refractivity contribution in [2.75, 3.05) is 6.54 Å². The number of carbonyl (C=O) groups is 2. The van der Waals surface area contributed by atoms with Gasteiger partial charge >= 0.3 is 6.03 Å². The minimum absolute atomic E-state index is 0.263. The van der Waals surface area contributed by atoms with E-state index in [1.165, 1.54) is 0 Å². The Morgan fingerprint density at radius 3 is 2.83 bits per heavy atom. The number of nitrogens with one attached hydrogen (secondary N) is 1. The van der Waals surface area contributed by atoms with Gasteiger partial charge in [0.15, 0.2) is 0 Å². The fourth-order valence-electron chi connectivity index (χ4n) is 1.91. The van der Waals surface area contributed by atoms with E-state index >= 15 is 0 Å². The highest BCUT2D eigenvalue weighted by atomic mass is 35.5. The zero-order valence-electron chi connectivity index (χ0n) is 9.61. The first-order valence-electron chi connectivity index (χ1n) is 5.26. The summed E-state index contributed by atoms with van der Waals surface area (Å²) >= 11 is 5.88. The third-order valence-corrected chi connectivity index (χ3v) is 3.14. The van der Waals surface area contributed by atoms with Gasteiger partial charge in [0.2, 0.25) is 0 Å². The molecule has 0 saturated carbocycles. The highest BCUT2D eigenvalue weighted by Crippen LogP contribution is 2.29. The first-order valence-corrected chi connectivity index (χ1v) is 5.64. The van der Waals surface area contributed by atoms with Gasteiger partial charge in [-0.1, -0.05) is 23.7 Å². The fraction of sp³-hybridized carbons (Fsp3) is 0.250. The van der Waals surface area contributed by atoms with E-state index in [1.54, 1.807) is 37.3 Å². The zero-order chi connectivity index (χ0) is 13.3. The van der Waals surface area contributed by atoms with Gasteiger partial charge in [-0.15, -0.1) is 0 Å². The third kappa shape index (κ3) is 1.81. The van der Waals surface area contributed by atoms with E-state index in [1.807, 2.05) is 0 Å². The van der Waals surface area contributed by atoms with Crippen LogP contribution in [0.5, 0.6) is 0 Å². The maximum Gasteiger partial charge on any atom is 0.326 e. The second kappa shape index (κ2) is 4.31. The van der Waals surface area contributed by atoms with Crippen molar-refractivity contribution < 1.29 is 9.59 Å². The summed E-state index contributed by atoms with van der Waals surface area (Å²) in [5.74, 6) is -0.448. The molecule has 1 aromatic carbocycles. The minimum atomic E-state index is -1.17. The van der Waals surface area contributed by atoms with Gasteiger partial charge in [0.05, 0.1) is 6.07 Å². The topological polar surface area (TPSA) is 73.2 Å². The molecular formula is C12H10ClN3O2. The standard InChI is InChI=1S/C12H10ClN3O2/c1-12(8-3-2-4-9(13)7-8)10(17)16(6-5-14)11(18)15-12/h2-4,7H,6H2,1H3,(H,15,18)/t12-/m0/s1. The molecule has 1 aromatic rings. The molecule has 6 heteroatoms. The maximum absolute atomic E-state index is 12.2. The number of hydrogen-bond acceptors (Lipinski definition) is 3. The molecule has 1 saturated heterocycles. The summed E-state index contributed by atoms with van der Waals surface area (Å²) in [4.78, 5) is 24.7. The highest BCUT2D eigenvalue weighted by molar-refractivity contribution is 6.30. The zero-order valence-corrected chi connectivity index (χ0v) is 10.4. The molecule has 1 atom stereocenters. The molecule has 3 amide bonds. The summed E-state index contributed by atoms with van der Waals surface area (Å²) in [6.07, 6.45) is 0. The summed E-state index contributed by atoms with van der Waals surface area (Å²) in [5, 5.41) is 11.7. The molecule has 1 aliphatic rings. The van der Waals surface area contributed by atoms with Gasteiger partial charge in [0.1, 0.15) is 12.1 Å². The molecule has 1 aliphatic heterocycles. The van der Waals surface area contributed by atoms with Crippen LogP contribution >= 0.6 is 11.6 Å². The predicted octanol–water partition coefficient (Wildman–Crippen LogP) is 1.63. The summed E-state index contributed by atoms with van der Waals surface area (Å²) in [7, 11) is 0. The number of halogens is 1. The largest absolute Gasteiger partial charge is 0.326 e. The Labute approximate surface area is 109 Å². The van der Waals surface area contributed by atoms with E-state index in [2.05, 4.69) is 5.32 Å². The fourth-order valence-corrected chi connectivity index (χ4v) is 2.10. The van der Waals surface area contributed by atoms with Crippen molar-refractivity contribution in [1.82, 2.24) is 10.2 Å². The second-order valence-corrected chi connectivity index (χ2v) is 4.55. The Bertz CT molecular complexity index is 567. The number of rotatable bonds is 2. The molecule has 92 valence electrons. The Kier molecular flexibility index (Phi) is 2.97. The molecular weight excluding hydrogens is 254 g/mol. The van der Waals surface area contributed by atoms with Gasteiger partial charge < -0.3 is 5.32 Å². The van der Waals surface area contributed by atoms with Crippen LogP contribution in [0, 0.1) is 11.3 Å². The molecule has 0 aromatic heterocycles. The van der Waals surface area contributed by atoms with E-state index in [4.69, 9.17) is 16.9 Å². The lowest BCUT2D eigenvalue weighted by molar-refractivity contribution is -0.130. The molecule has 1 fully saturated rings. The number of imide groups is 1. The second-order valence-electron chi connectivity index (χ2n) is 4.11. The number of carbonyl (C=O) groups excluding carboxylic acids is 2. The number of urea groups is 1. The van der Waals surface area contributed by atoms with Gasteiger partial charge in [-0.3, -0.25) is 4.79 Å². The van der Waals surface area contributed by atoms with E-state index in [-0.39, 0.29) is 6.54 Å². The minimum Gasteiger partial charge on any atom is -0.319 e. The van der Waals surface area contributed by atoms with Crippen molar-refractivity contribution in [3.05, 3.63) is 34.9 Å². The molecule has 0 aliphatic carbocycles. The van der Waals surface area contributed by atoms with Crippen LogP contribution in [0.25, 0.3) is 0 Å². The smallest absolute Gasteiger partial charge is 0.319 e. The number of nitriles is 1. The van der Waals surface area contributed by atoms with Crippen LogP contribution in [0.15, 0.2) is 24.3 Å². The van der Waals surface area contributed by atoms with Crippen molar-refractivity contribution in [3.8, 4) is 6.07 Å². The van der Waals surface area contributed by atoms with Gasteiger partial charge in [0.25, 0.3) is 5.91 Å². The molecule has 1 N–H and O–H groups in total. The Hall–Kier alpha value is -2.06. The number of amides is 3. The summed E-state index contributed by atoms with van der Waals surface area (Å²) in [6.45, 7) is 1.33. The quantitative estimate of drug-likeness (QED) is 0.651. The molecule has 2 rings (SSSR count). The lowest BCUT2D eigenvalue weighted by Crippen LogP contribution is -2.40. The molecule has 5 nitrogen and oxygen atoms in total. The molecule has 0 unspecified atom stereocenters. The van der Waals surface area contributed by atoms with Gasteiger partial charge in [0, 0.05) is 5.02 Å². The van der Waals surface area contributed by atoms with Crippen LogP contribution in [0.1, 0.15) is 12.5 Å². The first-order chi connectivity index (χ1) is 8.49. The Balaban J connectivity index is 2.42. The van der Waals surface area contributed by atoms with Crippen LogP contribution in [0.2, 0.25) is 5.02 Å². The summed E-state index contributed by atoms with van der Waals surface area (Å²) < 4.78 is 0. The normalized spacial score (nSPS) is 22.8. The Morgan fingerprint density at radius 2 is 2.22 bits per heavy atom. The lowest BCUT2D eigenvalue weighted by atomic mass is 9.92. The van der Waals surface area contributed by atoms with E-state index in [9.17, 15) is 9.59 Å². The van der Waals surface area contributed by atoms with Gasteiger partial charge in [-0.05, 0) is 24.6 Å². The van der Waals surface area contributed by atoms with Gasteiger partial charge in [-0.25, -0.2) is 9.69 Å². The van der Waals surface area contributed by atoms with Crippen molar-refractivity contribution in [2.24, 2.45) is 0 Å². The summed E-state index contributed by atoms with van der Waals surface area (Å²) in [6, 6.07) is 7.94. The lowest BCUT2D eigenvalue weighted by Gasteiger charge is -2.21. The molecule has 0 radical (unpaired) electrons. The van der Waals surface area contributed by atoms with Crippen molar-refractivity contribution in [2.45, 2.75) is 12.5 Å². The van der Waals surface area contributed by atoms with Crippen LogP contribution in [0.3, 0.4) is 0 Å². The van der Waals surface area contributed by atoms with Crippen LogP contribution in [0.4, 0.5) is 4.79 Å². The average molecular weight is 264 g/mol. The van der Waals surface area contributed by atoms with Crippen molar-refractivity contribution in [1.29, 1.82) is 5.26 Å². The van der Waals surface area contributed by atoms with E-state index < -0.39 is 17.5 Å². The molecule has 18 heavy (non-hydrogen) atoms. The molecule has 0 spiro atoms. The van der Waals surface area contributed by atoms with Crippen LogP contribution < -0.4 is 5.32 Å². The van der Waals surface area contributed by atoms with Crippen LogP contribution in [-0.4, -0.2) is 23.4 Å². The SMILES string of the molecule is C[C@@]1(c2cccc(Cl)c2)NC(=O)N(CC#N)C1=O. The molecule has 0 bridgehead atoms. The average Bonchev–Trinajstić information content (AvgIpc) is 2.55. The summed E-state index contributed by atoms with van der Waals surface area (Å²) in [5.41, 5.74) is -0.576. The number of hydrogen-bond donors (Lipinski definition) is 1. The van der Waals surface area contributed by atoms with E-state index in [0.717, 1.165) is 4.90 Å². The highest BCUT2D eigenvalue weighted by Gasteiger charge is 2.48. The monoisotopic (exact) mass is 263 g/mol.